The van der Waals surface area contributed by atoms with Crippen LogP contribution in [-0.2, 0) is 0 Å². The summed E-state index contributed by atoms with van der Waals surface area (Å²) in [4.78, 5) is 0. The van der Waals surface area contributed by atoms with Crippen LogP contribution in [0.15, 0.2) is 24.3 Å². The van der Waals surface area contributed by atoms with Crippen LogP contribution in [0.2, 0.25) is 0 Å². The van der Waals surface area contributed by atoms with Crippen LogP contribution in [0.3, 0.4) is 0 Å². The summed E-state index contributed by atoms with van der Waals surface area (Å²) in [5.41, 5.74) is 1.02. The second kappa shape index (κ2) is 4.71. The standard InChI is InChI=1S/C12H15F2N/c13-12(14)11-6-2-1-5-10(11)9-4-3-7-15-8-9/h1-2,5-6,9,12,15H,3-4,7-8H2. The Morgan fingerprint density at radius 3 is 2.73 bits per heavy atom. The summed E-state index contributed by atoms with van der Waals surface area (Å²) >= 11 is 0. The summed E-state index contributed by atoms with van der Waals surface area (Å²) in [5, 5.41) is 3.25. The lowest BCUT2D eigenvalue weighted by atomic mass is 9.88. The van der Waals surface area contributed by atoms with Gasteiger partial charge in [-0.25, -0.2) is 8.78 Å². The third kappa shape index (κ3) is 2.34. The Morgan fingerprint density at radius 1 is 1.27 bits per heavy atom. The number of nitrogens with one attached hydrogen (secondary N) is 1. The van der Waals surface area contributed by atoms with Gasteiger partial charge in [0.1, 0.15) is 0 Å². The Labute approximate surface area is 88.5 Å². The first-order valence-electron chi connectivity index (χ1n) is 5.36. The first kappa shape index (κ1) is 10.6. The zero-order valence-electron chi connectivity index (χ0n) is 8.55. The van der Waals surface area contributed by atoms with Crippen molar-refractivity contribution >= 4 is 0 Å². The van der Waals surface area contributed by atoms with Crippen LogP contribution in [-0.4, -0.2) is 13.1 Å². The van der Waals surface area contributed by atoms with E-state index in [4.69, 9.17) is 0 Å². The molecule has 1 nitrogen and oxygen atoms in total. The lowest BCUT2D eigenvalue weighted by molar-refractivity contribution is 0.149. The van der Waals surface area contributed by atoms with Crippen molar-refractivity contribution in [3.63, 3.8) is 0 Å². The van der Waals surface area contributed by atoms with Gasteiger partial charge in [-0.05, 0) is 30.9 Å². The number of alkyl halides is 2. The van der Waals surface area contributed by atoms with Crippen molar-refractivity contribution in [2.45, 2.75) is 25.2 Å². The molecule has 1 N–H and O–H groups in total. The smallest absolute Gasteiger partial charge is 0.264 e. The largest absolute Gasteiger partial charge is 0.316 e. The molecule has 1 aromatic carbocycles. The van der Waals surface area contributed by atoms with Gasteiger partial charge >= 0.3 is 0 Å². The number of hydrogen-bond acceptors (Lipinski definition) is 1. The monoisotopic (exact) mass is 211 g/mol. The van der Waals surface area contributed by atoms with Gasteiger partial charge in [0.15, 0.2) is 0 Å². The number of halogens is 2. The van der Waals surface area contributed by atoms with Gasteiger partial charge in [0.2, 0.25) is 0 Å². The Kier molecular flexibility index (Phi) is 3.31. The molecule has 1 saturated heterocycles. The molecule has 1 fully saturated rings. The molecular formula is C12H15F2N. The Balaban J connectivity index is 2.25. The molecule has 0 spiro atoms. The van der Waals surface area contributed by atoms with Crippen molar-refractivity contribution in [1.29, 1.82) is 0 Å². The van der Waals surface area contributed by atoms with Crippen molar-refractivity contribution in [3.05, 3.63) is 35.4 Å². The molecule has 0 bridgehead atoms. The molecule has 0 amide bonds. The highest BCUT2D eigenvalue weighted by Crippen LogP contribution is 2.31. The fraction of sp³-hybridized carbons (Fsp3) is 0.500. The van der Waals surface area contributed by atoms with Gasteiger partial charge < -0.3 is 5.32 Å². The normalized spacial score (nSPS) is 21.9. The molecule has 1 aliphatic heterocycles. The molecule has 0 radical (unpaired) electrons. The fourth-order valence-electron chi connectivity index (χ4n) is 2.20. The summed E-state index contributed by atoms with van der Waals surface area (Å²) in [7, 11) is 0. The van der Waals surface area contributed by atoms with E-state index in [1.807, 2.05) is 12.1 Å². The molecule has 1 aliphatic rings. The zero-order valence-corrected chi connectivity index (χ0v) is 8.55. The minimum atomic E-state index is -2.36. The van der Waals surface area contributed by atoms with E-state index in [1.54, 1.807) is 6.07 Å². The molecule has 1 atom stereocenters. The van der Waals surface area contributed by atoms with Gasteiger partial charge in [-0.15, -0.1) is 0 Å². The minimum absolute atomic E-state index is 0.200. The van der Waals surface area contributed by atoms with E-state index in [-0.39, 0.29) is 11.5 Å². The highest BCUT2D eigenvalue weighted by atomic mass is 19.3. The molecule has 0 saturated carbocycles. The lowest BCUT2D eigenvalue weighted by Crippen LogP contribution is -2.28. The topological polar surface area (TPSA) is 12.0 Å². The molecule has 15 heavy (non-hydrogen) atoms. The van der Waals surface area contributed by atoms with E-state index in [0.717, 1.165) is 31.5 Å². The van der Waals surface area contributed by atoms with E-state index < -0.39 is 6.43 Å². The summed E-state index contributed by atoms with van der Waals surface area (Å²) < 4.78 is 25.5. The maximum Gasteiger partial charge on any atom is 0.264 e. The molecule has 0 aliphatic carbocycles. The van der Waals surface area contributed by atoms with E-state index in [9.17, 15) is 8.78 Å². The molecule has 1 heterocycles. The molecule has 1 unspecified atom stereocenters. The number of benzene rings is 1. The van der Waals surface area contributed by atoms with Crippen LogP contribution in [0, 0.1) is 0 Å². The summed E-state index contributed by atoms with van der Waals surface area (Å²) in [5.74, 6) is 0.254. The highest BCUT2D eigenvalue weighted by Gasteiger charge is 2.21. The van der Waals surface area contributed by atoms with E-state index in [2.05, 4.69) is 5.32 Å². The van der Waals surface area contributed by atoms with Crippen molar-refractivity contribution in [2.75, 3.05) is 13.1 Å². The maximum atomic E-state index is 12.8. The van der Waals surface area contributed by atoms with E-state index in [1.165, 1.54) is 6.07 Å². The van der Waals surface area contributed by atoms with Crippen LogP contribution < -0.4 is 5.32 Å². The van der Waals surface area contributed by atoms with Gasteiger partial charge in [-0.3, -0.25) is 0 Å². The van der Waals surface area contributed by atoms with Gasteiger partial charge in [0.05, 0.1) is 0 Å². The molecule has 3 heteroatoms. The maximum absolute atomic E-state index is 12.8. The predicted octanol–water partition coefficient (Wildman–Crippen LogP) is 3.09. The van der Waals surface area contributed by atoms with Crippen molar-refractivity contribution in [3.8, 4) is 0 Å². The summed E-state index contributed by atoms with van der Waals surface area (Å²) in [6.45, 7) is 1.83. The Morgan fingerprint density at radius 2 is 2.07 bits per heavy atom. The fourth-order valence-corrected chi connectivity index (χ4v) is 2.20. The quantitative estimate of drug-likeness (QED) is 0.792. The lowest BCUT2D eigenvalue weighted by Gasteiger charge is -2.25. The first-order valence-corrected chi connectivity index (χ1v) is 5.36. The molecule has 82 valence electrons. The van der Waals surface area contributed by atoms with Crippen molar-refractivity contribution in [2.24, 2.45) is 0 Å². The van der Waals surface area contributed by atoms with E-state index >= 15 is 0 Å². The van der Waals surface area contributed by atoms with Crippen LogP contribution in [0.5, 0.6) is 0 Å². The van der Waals surface area contributed by atoms with E-state index in [0.29, 0.717) is 0 Å². The Bertz CT molecular complexity index is 319. The third-order valence-electron chi connectivity index (χ3n) is 2.97. The Hall–Kier alpha value is -0.960. The van der Waals surface area contributed by atoms with Crippen LogP contribution >= 0.6 is 0 Å². The van der Waals surface area contributed by atoms with Crippen LogP contribution in [0.1, 0.15) is 36.3 Å². The van der Waals surface area contributed by atoms with Gasteiger partial charge in [-0.2, -0.15) is 0 Å². The number of rotatable bonds is 2. The average molecular weight is 211 g/mol. The van der Waals surface area contributed by atoms with Crippen LogP contribution in [0.25, 0.3) is 0 Å². The predicted molar refractivity (Wildman–Crippen MR) is 56.2 cm³/mol. The summed E-state index contributed by atoms with van der Waals surface area (Å²) in [6.07, 6.45) is -0.276. The highest BCUT2D eigenvalue weighted by molar-refractivity contribution is 5.31. The average Bonchev–Trinajstić information content (AvgIpc) is 2.30. The summed E-state index contributed by atoms with van der Waals surface area (Å²) in [6, 6.07) is 6.89. The second-order valence-electron chi connectivity index (χ2n) is 3.97. The molecule has 0 aromatic heterocycles. The zero-order chi connectivity index (χ0) is 10.7. The third-order valence-corrected chi connectivity index (χ3v) is 2.97. The molecular weight excluding hydrogens is 196 g/mol. The first-order chi connectivity index (χ1) is 7.29. The molecule has 1 aromatic rings. The number of piperidine rings is 1. The van der Waals surface area contributed by atoms with Gasteiger partial charge in [0.25, 0.3) is 6.43 Å². The van der Waals surface area contributed by atoms with Crippen molar-refractivity contribution < 1.29 is 8.78 Å². The molecule has 2 rings (SSSR count). The minimum Gasteiger partial charge on any atom is -0.316 e. The van der Waals surface area contributed by atoms with Crippen LogP contribution in [0.4, 0.5) is 8.78 Å². The SMILES string of the molecule is FC(F)c1ccccc1C1CCCNC1. The van der Waals surface area contributed by atoms with Gasteiger partial charge in [-0.1, -0.05) is 24.3 Å². The van der Waals surface area contributed by atoms with Crippen molar-refractivity contribution in [1.82, 2.24) is 5.32 Å². The number of hydrogen-bond donors (Lipinski definition) is 1. The second-order valence-corrected chi connectivity index (χ2v) is 3.97. The van der Waals surface area contributed by atoms with Gasteiger partial charge in [0, 0.05) is 12.1 Å².